The third-order valence-corrected chi connectivity index (χ3v) is 7.00. The summed E-state index contributed by atoms with van der Waals surface area (Å²) in [6, 6.07) is 0. The first-order chi connectivity index (χ1) is 9.16. The summed E-state index contributed by atoms with van der Waals surface area (Å²) in [6.07, 6.45) is 3.23. The molecule has 20 heavy (non-hydrogen) atoms. The molecular formula is C13H16F2O4S. The number of carbonyl (C=O) groups excluding carboxylic acids is 1. The molecular weight excluding hydrogens is 290 g/mol. The molecule has 0 aromatic heterocycles. The molecule has 5 unspecified atom stereocenters. The predicted molar refractivity (Wildman–Crippen MR) is 66.0 cm³/mol. The molecule has 2 N–H and O–H groups in total. The van der Waals surface area contributed by atoms with Crippen molar-refractivity contribution >= 4 is 18.0 Å². The van der Waals surface area contributed by atoms with Gasteiger partial charge in [0, 0.05) is 10.8 Å². The van der Waals surface area contributed by atoms with Crippen molar-refractivity contribution < 1.29 is 28.0 Å². The van der Waals surface area contributed by atoms with E-state index in [1.165, 1.54) is 0 Å². The summed E-state index contributed by atoms with van der Waals surface area (Å²) in [7, 11) is 0. The van der Waals surface area contributed by atoms with E-state index >= 15 is 0 Å². The van der Waals surface area contributed by atoms with Crippen molar-refractivity contribution in [3.63, 3.8) is 0 Å². The van der Waals surface area contributed by atoms with Crippen LogP contribution in [0.3, 0.4) is 0 Å². The first-order valence-electron chi connectivity index (χ1n) is 6.77. The third kappa shape index (κ3) is 1.00. The molecule has 0 aromatic rings. The van der Waals surface area contributed by atoms with Crippen LogP contribution in [0.1, 0.15) is 32.6 Å². The van der Waals surface area contributed by atoms with Gasteiger partial charge in [-0.1, -0.05) is 6.92 Å². The Kier molecular flexibility index (Phi) is 2.11. The topological polar surface area (TPSA) is 66.8 Å². The minimum absolute atomic E-state index is 0.0730. The molecule has 0 aliphatic heterocycles. The van der Waals surface area contributed by atoms with E-state index < -0.39 is 28.9 Å². The Morgan fingerprint density at radius 2 is 2.15 bits per heavy atom. The second-order valence-electron chi connectivity index (χ2n) is 7.32. The van der Waals surface area contributed by atoms with E-state index in [4.69, 9.17) is 9.29 Å². The summed E-state index contributed by atoms with van der Waals surface area (Å²) in [5.41, 5.74) is -1.09. The molecule has 1 spiro atoms. The van der Waals surface area contributed by atoms with Crippen LogP contribution in [-0.2, 0) is 9.53 Å². The zero-order valence-electron chi connectivity index (χ0n) is 11.0. The Balaban J connectivity index is 1.49. The number of rotatable bonds is 4. The van der Waals surface area contributed by atoms with E-state index in [1.807, 2.05) is 0 Å². The highest BCUT2D eigenvalue weighted by atomic mass is 32.2. The molecule has 4 aliphatic rings. The van der Waals surface area contributed by atoms with Gasteiger partial charge in [-0.05, 0) is 37.0 Å². The van der Waals surface area contributed by atoms with E-state index in [-0.39, 0.29) is 22.9 Å². The van der Waals surface area contributed by atoms with Gasteiger partial charge in [0.05, 0.1) is 24.3 Å². The maximum absolute atomic E-state index is 13.0. The Morgan fingerprint density at radius 3 is 2.65 bits per heavy atom. The van der Waals surface area contributed by atoms with Gasteiger partial charge in [-0.2, -0.15) is 8.78 Å². The van der Waals surface area contributed by atoms with Crippen molar-refractivity contribution in [2.75, 3.05) is 6.61 Å². The first kappa shape index (κ1) is 13.3. The molecule has 0 heterocycles. The normalized spacial score (nSPS) is 54.4. The van der Waals surface area contributed by atoms with Crippen LogP contribution in [0.25, 0.3) is 0 Å². The van der Waals surface area contributed by atoms with Gasteiger partial charge in [-0.15, -0.1) is 0 Å². The van der Waals surface area contributed by atoms with Crippen molar-refractivity contribution in [3.05, 3.63) is 0 Å². The van der Waals surface area contributed by atoms with E-state index in [1.54, 1.807) is 0 Å². The molecule has 112 valence electrons. The quantitative estimate of drug-likeness (QED) is 0.616. The number of alkyl halides is 2. The van der Waals surface area contributed by atoms with Crippen molar-refractivity contribution in [2.24, 2.45) is 22.2 Å². The Labute approximate surface area is 119 Å². The van der Waals surface area contributed by atoms with E-state index in [2.05, 4.69) is 6.92 Å². The minimum Gasteiger partial charge on any atom is -0.460 e. The van der Waals surface area contributed by atoms with Gasteiger partial charge in [0.2, 0.25) is 0 Å². The molecule has 4 aliphatic carbocycles. The molecule has 4 rings (SSSR count). The van der Waals surface area contributed by atoms with Crippen molar-refractivity contribution in [1.82, 2.24) is 0 Å². The van der Waals surface area contributed by atoms with Crippen molar-refractivity contribution in [1.29, 1.82) is 0 Å². The van der Waals surface area contributed by atoms with Gasteiger partial charge < -0.3 is 14.4 Å². The van der Waals surface area contributed by atoms with Crippen LogP contribution < -0.4 is 0 Å². The Hall–Kier alpha value is -0.400. The average Bonchev–Trinajstić information content (AvgIpc) is 2.30. The molecule has 0 aromatic carbocycles. The molecule has 0 saturated heterocycles. The fourth-order valence-corrected chi connectivity index (χ4v) is 6.94. The van der Waals surface area contributed by atoms with Gasteiger partial charge in [0.1, 0.15) is 0 Å². The molecule has 4 nitrogen and oxygen atoms in total. The van der Waals surface area contributed by atoms with Crippen LogP contribution in [0.5, 0.6) is 0 Å². The lowest BCUT2D eigenvalue weighted by Crippen LogP contribution is -2.97. The number of carbonyl (C=O) groups is 1. The van der Waals surface area contributed by atoms with Gasteiger partial charge in [-0.25, -0.2) is 4.79 Å². The van der Waals surface area contributed by atoms with E-state index in [9.17, 15) is 18.7 Å². The fraction of sp³-hybridized carbons (Fsp3) is 0.923. The second-order valence-corrected chi connectivity index (χ2v) is 8.02. The number of ether oxygens (including phenoxy) is 1. The number of aliphatic hydroxyl groups is 1. The maximum Gasteiger partial charge on any atom is 0.412 e. The molecule has 7 heteroatoms. The van der Waals surface area contributed by atoms with E-state index in [0.717, 1.165) is 25.7 Å². The zero-order chi connectivity index (χ0) is 14.6. The van der Waals surface area contributed by atoms with Crippen molar-refractivity contribution in [3.8, 4) is 0 Å². The van der Waals surface area contributed by atoms with Gasteiger partial charge >= 0.3 is 11.2 Å². The summed E-state index contributed by atoms with van der Waals surface area (Å²) in [5, 5.41) is 6.60. The van der Waals surface area contributed by atoms with Crippen molar-refractivity contribution in [2.45, 2.75) is 43.5 Å². The van der Waals surface area contributed by atoms with Gasteiger partial charge in [-0.3, -0.25) is 0 Å². The number of hydrogen-bond donors (Lipinski definition) is 2. The van der Waals surface area contributed by atoms with E-state index in [0.29, 0.717) is 5.92 Å². The summed E-state index contributed by atoms with van der Waals surface area (Å²) in [4.78, 5) is 11.3. The monoisotopic (exact) mass is 306 g/mol. The standard InChI is InChI=1S/C13H16F2O4S/c1-9-4-10(6-19-8(16)13(14,15)20-18)2-7-3-11(17,5-9)12(7,9)10/h7,17-18H,2-6H2,1H3. The highest BCUT2D eigenvalue weighted by molar-refractivity contribution is 7.95. The predicted octanol–water partition coefficient (Wildman–Crippen LogP) is 2.27. The number of halogens is 2. The van der Waals surface area contributed by atoms with Gasteiger partial charge in [0.15, 0.2) is 0 Å². The highest BCUT2D eigenvalue weighted by Gasteiger charge is 2.98. The summed E-state index contributed by atoms with van der Waals surface area (Å²) >= 11 is -0.806. The fourth-order valence-electron chi connectivity index (χ4n) is 6.81. The molecule has 0 amide bonds. The summed E-state index contributed by atoms with van der Waals surface area (Å²) in [5.74, 6) is -1.25. The summed E-state index contributed by atoms with van der Waals surface area (Å²) in [6.45, 7) is 2.06. The molecule has 5 atom stereocenters. The first-order valence-corrected chi connectivity index (χ1v) is 7.54. The lowest BCUT2D eigenvalue weighted by molar-refractivity contribution is -0.532. The SMILES string of the molecule is CC12CC3(O)CC4CC(COC(=O)C(F)(F)SO)(C1)C423. The average molecular weight is 306 g/mol. The summed E-state index contributed by atoms with van der Waals surface area (Å²) < 4.78 is 39.1. The highest BCUT2D eigenvalue weighted by Crippen LogP contribution is 2.98. The molecule has 4 fully saturated rings. The smallest absolute Gasteiger partial charge is 0.412 e. The lowest BCUT2D eigenvalue weighted by atomic mass is 9.07. The largest absolute Gasteiger partial charge is 0.460 e. The van der Waals surface area contributed by atoms with Crippen LogP contribution in [0.4, 0.5) is 8.78 Å². The minimum atomic E-state index is -3.92. The zero-order valence-corrected chi connectivity index (χ0v) is 11.8. The van der Waals surface area contributed by atoms with Crippen LogP contribution in [0.15, 0.2) is 0 Å². The Bertz CT molecular complexity index is 519. The Morgan fingerprint density at radius 1 is 1.45 bits per heavy atom. The van der Waals surface area contributed by atoms with Gasteiger partial charge in [0.25, 0.3) is 0 Å². The molecule has 0 radical (unpaired) electrons. The third-order valence-electron chi connectivity index (χ3n) is 6.60. The van der Waals surface area contributed by atoms with Crippen LogP contribution in [-0.4, -0.2) is 33.1 Å². The maximum atomic E-state index is 13.0. The number of esters is 1. The van der Waals surface area contributed by atoms with Crippen LogP contribution in [0, 0.1) is 22.2 Å². The lowest BCUT2D eigenvalue weighted by Gasteiger charge is -2.97. The molecule has 4 saturated carbocycles. The van der Waals surface area contributed by atoms with Crippen LogP contribution in [0.2, 0.25) is 0 Å². The molecule has 0 bridgehead atoms. The second kappa shape index (κ2) is 3.17. The van der Waals surface area contributed by atoms with Crippen LogP contribution >= 0.6 is 12.0 Å². The number of hydrogen-bond acceptors (Lipinski definition) is 5.